The number of hydrogen-bond acceptors (Lipinski definition) is 4. The minimum atomic E-state index is -0.358. The standard InChI is InChI=1S/C15H23NO3S/c1-3-18-14(19-4-2)9-16-15(17)12-10-20-13-8-6-5-7-11(12)13/h10,14H,3-9H2,1-2H3,(H,16,17). The van der Waals surface area contributed by atoms with Gasteiger partial charge in [-0.2, -0.15) is 0 Å². The van der Waals surface area contributed by atoms with E-state index in [2.05, 4.69) is 5.32 Å². The van der Waals surface area contributed by atoms with Crippen LogP contribution in [0.15, 0.2) is 5.38 Å². The highest BCUT2D eigenvalue weighted by Gasteiger charge is 2.20. The van der Waals surface area contributed by atoms with Crippen LogP contribution in [-0.2, 0) is 22.3 Å². The van der Waals surface area contributed by atoms with E-state index in [1.807, 2.05) is 19.2 Å². The van der Waals surface area contributed by atoms with Gasteiger partial charge in [0.1, 0.15) is 0 Å². The van der Waals surface area contributed by atoms with Gasteiger partial charge in [0.15, 0.2) is 6.29 Å². The Hall–Kier alpha value is -0.910. The molecular weight excluding hydrogens is 274 g/mol. The average Bonchev–Trinajstić information content (AvgIpc) is 2.89. The fourth-order valence-electron chi connectivity index (χ4n) is 2.49. The average molecular weight is 297 g/mol. The van der Waals surface area contributed by atoms with Crippen LogP contribution in [0.2, 0.25) is 0 Å². The lowest BCUT2D eigenvalue weighted by Crippen LogP contribution is -2.35. The Morgan fingerprint density at radius 3 is 2.70 bits per heavy atom. The maximum absolute atomic E-state index is 12.3. The van der Waals surface area contributed by atoms with Gasteiger partial charge in [0, 0.05) is 23.5 Å². The van der Waals surface area contributed by atoms with Crippen LogP contribution in [0, 0.1) is 0 Å². The number of carbonyl (C=O) groups is 1. The SMILES string of the molecule is CCOC(CNC(=O)c1csc2c1CCCC2)OCC. The van der Waals surface area contributed by atoms with Gasteiger partial charge < -0.3 is 14.8 Å². The molecule has 0 atom stereocenters. The molecule has 4 nitrogen and oxygen atoms in total. The monoisotopic (exact) mass is 297 g/mol. The second-order valence-electron chi connectivity index (χ2n) is 4.81. The molecule has 0 saturated carbocycles. The Kier molecular flexibility index (Phi) is 6.01. The zero-order valence-electron chi connectivity index (χ0n) is 12.2. The number of nitrogens with one attached hydrogen (secondary N) is 1. The zero-order valence-corrected chi connectivity index (χ0v) is 13.1. The summed E-state index contributed by atoms with van der Waals surface area (Å²) in [6, 6.07) is 0. The van der Waals surface area contributed by atoms with Crippen molar-refractivity contribution in [2.75, 3.05) is 19.8 Å². The molecule has 1 aliphatic rings. The van der Waals surface area contributed by atoms with E-state index < -0.39 is 0 Å². The fraction of sp³-hybridized carbons (Fsp3) is 0.667. The molecule has 1 heterocycles. The van der Waals surface area contributed by atoms with E-state index in [1.165, 1.54) is 23.3 Å². The minimum absolute atomic E-state index is 0.00574. The number of ether oxygens (including phenoxy) is 2. The third kappa shape index (κ3) is 3.81. The highest BCUT2D eigenvalue weighted by Crippen LogP contribution is 2.30. The van der Waals surface area contributed by atoms with Gasteiger partial charge in [0.25, 0.3) is 5.91 Å². The number of aryl methyl sites for hydroxylation is 1. The predicted octanol–water partition coefficient (Wildman–Crippen LogP) is 2.76. The summed E-state index contributed by atoms with van der Waals surface area (Å²) >= 11 is 1.71. The lowest BCUT2D eigenvalue weighted by Gasteiger charge is -2.18. The first-order valence-electron chi connectivity index (χ1n) is 7.36. The first-order valence-corrected chi connectivity index (χ1v) is 8.24. The molecule has 0 saturated heterocycles. The molecule has 20 heavy (non-hydrogen) atoms. The van der Waals surface area contributed by atoms with E-state index in [0.717, 1.165) is 18.4 Å². The molecule has 0 unspecified atom stereocenters. The summed E-state index contributed by atoms with van der Waals surface area (Å²) in [6.45, 7) is 5.39. The van der Waals surface area contributed by atoms with E-state index in [1.54, 1.807) is 11.3 Å². The molecule has 0 radical (unpaired) electrons. The lowest BCUT2D eigenvalue weighted by molar-refractivity contribution is -0.131. The van der Waals surface area contributed by atoms with Crippen LogP contribution in [0.25, 0.3) is 0 Å². The Balaban J connectivity index is 1.92. The highest BCUT2D eigenvalue weighted by molar-refractivity contribution is 7.10. The normalized spacial score (nSPS) is 14.3. The summed E-state index contributed by atoms with van der Waals surface area (Å²) in [7, 11) is 0. The molecule has 0 bridgehead atoms. The van der Waals surface area contributed by atoms with Crippen molar-refractivity contribution in [2.45, 2.75) is 45.8 Å². The number of rotatable bonds is 7. The summed E-state index contributed by atoms with van der Waals surface area (Å²) in [5, 5.41) is 4.91. The molecule has 112 valence electrons. The maximum Gasteiger partial charge on any atom is 0.252 e. The molecule has 1 aliphatic carbocycles. The Morgan fingerprint density at radius 2 is 2.00 bits per heavy atom. The first kappa shape index (κ1) is 15.5. The van der Waals surface area contributed by atoms with Gasteiger partial charge in [-0.05, 0) is 45.1 Å². The highest BCUT2D eigenvalue weighted by atomic mass is 32.1. The third-order valence-corrected chi connectivity index (χ3v) is 4.53. The molecule has 0 aromatic carbocycles. The van der Waals surface area contributed by atoms with Gasteiger partial charge in [-0.15, -0.1) is 11.3 Å². The molecule has 1 aromatic heterocycles. The topological polar surface area (TPSA) is 47.6 Å². The number of carbonyl (C=O) groups excluding carboxylic acids is 1. The molecule has 0 spiro atoms. The number of fused-ring (bicyclic) bond motifs is 1. The van der Waals surface area contributed by atoms with Gasteiger partial charge in [-0.3, -0.25) is 4.79 Å². The van der Waals surface area contributed by atoms with E-state index in [4.69, 9.17) is 9.47 Å². The molecular formula is C15H23NO3S. The van der Waals surface area contributed by atoms with E-state index in [-0.39, 0.29) is 12.2 Å². The fourth-order valence-corrected chi connectivity index (χ4v) is 3.62. The van der Waals surface area contributed by atoms with Crippen molar-refractivity contribution >= 4 is 17.2 Å². The second-order valence-corrected chi connectivity index (χ2v) is 5.77. The van der Waals surface area contributed by atoms with E-state index in [9.17, 15) is 4.79 Å². The van der Waals surface area contributed by atoms with Crippen molar-refractivity contribution in [1.29, 1.82) is 0 Å². The quantitative estimate of drug-likeness (QED) is 0.787. The summed E-state index contributed by atoms with van der Waals surface area (Å²) < 4.78 is 10.9. The van der Waals surface area contributed by atoms with E-state index in [0.29, 0.717) is 19.8 Å². The van der Waals surface area contributed by atoms with Gasteiger partial charge in [-0.25, -0.2) is 0 Å². The summed E-state index contributed by atoms with van der Waals surface area (Å²) in [6.07, 6.45) is 4.22. The van der Waals surface area contributed by atoms with Gasteiger partial charge in [-0.1, -0.05) is 0 Å². The molecule has 2 rings (SSSR count). The van der Waals surface area contributed by atoms with Crippen LogP contribution in [0.5, 0.6) is 0 Å². The summed E-state index contributed by atoms with van der Waals surface area (Å²) in [5.41, 5.74) is 2.10. The van der Waals surface area contributed by atoms with Crippen molar-refractivity contribution in [2.24, 2.45) is 0 Å². The maximum atomic E-state index is 12.3. The molecule has 1 N–H and O–H groups in total. The van der Waals surface area contributed by atoms with Crippen molar-refractivity contribution in [3.05, 3.63) is 21.4 Å². The minimum Gasteiger partial charge on any atom is -0.351 e. The Bertz CT molecular complexity index is 438. The Morgan fingerprint density at radius 1 is 1.30 bits per heavy atom. The van der Waals surface area contributed by atoms with Crippen LogP contribution >= 0.6 is 11.3 Å². The lowest BCUT2D eigenvalue weighted by atomic mass is 9.96. The second kappa shape index (κ2) is 7.76. The number of amides is 1. The zero-order chi connectivity index (χ0) is 14.4. The largest absolute Gasteiger partial charge is 0.351 e. The number of thiophene rings is 1. The van der Waals surface area contributed by atoms with Crippen LogP contribution < -0.4 is 5.32 Å². The number of hydrogen-bond donors (Lipinski definition) is 1. The smallest absolute Gasteiger partial charge is 0.252 e. The third-order valence-electron chi connectivity index (χ3n) is 3.44. The molecule has 1 aromatic rings. The Labute approximate surface area is 124 Å². The van der Waals surface area contributed by atoms with E-state index >= 15 is 0 Å². The van der Waals surface area contributed by atoms with Crippen LogP contribution in [0.4, 0.5) is 0 Å². The van der Waals surface area contributed by atoms with Crippen molar-refractivity contribution in [1.82, 2.24) is 5.32 Å². The van der Waals surface area contributed by atoms with Gasteiger partial charge in [0.05, 0.1) is 12.1 Å². The van der Waals surface area contributed by atoms with Crippen molar-refractivity contribution < 1.29 is 14.3 Å². The van der Waals surface area contributed by atoms with Gasteiger partial charge in [0.2, 0.25) is 0 Å². The summed E-state index contributed by atoms with van der Waals surface area (Å²) in [4.78, 5) is 13.7. The van der Waals surface area contributed by atoms with Crippen molar-refractivity contribution in [3.8, 4) is 0 Å². The van der Waals surface area contributed by atoms with Crippen LogP contribution in [0.3, 0.4) is 0 Å². The molecule has 0 aliphatic heterocycles. The van der Waals surface area contributed by atoms with Crippen LogP contribution in [0.1, 0.15) is 47.5 Å². The van der Waals surface area contributed by atoms with Gasteiger partial charge >= 0.3 is 0 Å². The van der Waals surface area contributed by atoms with Crippen LogP contribution in [-0.4, -0.2) is 32.0 Å². The molecule has 1 amide bonds. The summed E-state index contributed by atoms with van der Waals surface area (Å²) in [5.74, 6) is -0.00574. The predicted molar refractivity (Wildman–Crippen MR) is 80.3 cm³/mol. The first-order chi connectivity index (χ1) is 9.76. The molecule has 0 fully saturated rings. The van der Waals surface area contributed by atoms with Crippen molar-refractivity contribution in [3.63, 3.8) is 0 Å². The molecule has 5 heteroatoms.